The van der Waals surface area contributed by atoms with Crippen LogP contribution in [0.15, 0.2) is 12.1 Å². The minimum atomic E-state index is -0.798. The molecule has 0 spiro atoms. The highest BCUT2D eigenvalue weighted by molar-refractivity contribution is 5.67. The van der Waals surface area contributed by atoms with Crippen LogP contribution in [0.3, 0.4) is 0 Å². The van der Waals surface area contributed by atoms with Gasteiger partial charge >= 0.3 is 5.97 Å². The van der Waals surface area contributed by atoms with Crippen LogP contribution in [0.25, 0.3) is 0 Å². The van der Waals surface area contributed by atoms with Gasteiger partial charge in [0.1, 0.15) is 5.75 Å². The fraction of sp³-hybridized carbons (Fsp3) is 0.767. The highest BCUT2D eigenvalue weighted by Crippen LogP contribution is 2.34. The molecule has 198 valence electrons. The molecule has 34 heavy (non-hydrogen) atoms. The first-order valence-corrected chi connectivity index (χ1v) is 13.8. The van der Waals surface area contributed by atoms with Gasteiger partial charge in [-0.3, -0.25) is 4.79 Å². The topological polar surface area (TPSA) is 77.8 Å². The number of phenols is 1. The third-order valence-corrected chi connectivity index (χ3v) is 6.31. The normalized spacial score (nSPS) is 11.2. The molecule has 0 saturated carbocycles. The van der Waals surface area contributed by atoms with Gasteiger partial charge in [-0.25, -0.2) is 0 Å². The molecule has 0 atom stereocenters. The van der Waals surface area contributed by atoms with Crippen LogP contribution in [0.5, 0.6) is 5.75 Å². The highest BCUT2D eigenvalue weighted by atomic mass is 16.4. The Hall–Kier alpha value is -1.55. The second-order valence-corrected chi connectivity index (χ2v) is 10.8. The summed E-state index contributed by atoms with van der Waals surface area (Å²) in [5, 5.41) is 27.3. The van der Waals surface area contributed by atoms with Gasteiger partial charge < -0.3 is 15.3 Å². The maximum absolute atomic E-state index is 10.6. The fourth-order valence-electron chi connectivity index (χ4n) is 4.13. The van der Waals surface area contributed by atoms with Crippen molar-refractivity contribution in [1.82, 2.24) is 0 Å². The number of phenolic OH excluding ortho intramolecular Hbond substituents is 1. The summed E-state index contributed by atoms with van der Waals surface area (Å²) in [5.41, 5.74) is 2.50. The number of aliphatic carboxylic acids is 1. The van der Waals surface area contributed by atoms with E-state index in [0.717, 1.165) is 23.1 Å². The predicted octanol–water partition coefficient (Wildman–Crippen LogP) is 8.48. The zero-order chi connectivity index (χ0) is 25.8. The third-order valence-electron chi connectivity index (χ3n) is 6.31. The first-order valence-electron chi connectivity index (χ1n) is 13.8. The van der Waals surface area contributed by atoms with Crippen LogP contribution in [0.1, 0.15) is 141 Å². The Labute approximate surface area is 210 Å². The van der Waals surface area contributed by atoms with Gasteiger partial charge in [0, 0.05) is 13.0 Å². The van der Waals surface area contributed by atoms with Gasteiger partial charge in [-0.1, -0.05) is 123 Å². The number of aryl methyl sites for hydroxylation is 2. The van der Waals surface area contributed by atoms with E-state index in [1.54, 1.807) is 0 Å². The van der Waals surface area contributed by atoms with Crippen molar-refractivity contribution in [1.29, 1.82) is 0 Å². The molecular formula is C30H54O4. The van der Waals surface area contributed by atoms with Crippen LogP contribution < -0.4 is 0 Å². The number of aliphatic hydroxyl groups is 1. The Kier molecular flexibility index (Phi) is 18.8. The standard InChI is InChI=1S/C16H34O.C14H20O3/c1-2-3-4-5-6-7-8-9-10-11-12-13-14-15-16-17;1-9-7-10(5-6-12(15)16)8-11(13(9)17)14(2,3)4/h17H,2-16H2,1H3;7-8,17H,5-6H2,1-4H3,(H,15,16). The van der Waals surface area contributed by atoms with Crippen LogP contribution in [-0.2, 0) is 16.6 Å². The van der Waals surface area contributed by atoms with E-state index in [2.05, 4.69) is 6.92 Å². The molecule has 0 aliphatic heterocycles. The van der Waals surface area contributed by atoms with Gasteiger partial charge in [0.2, 0.25) is 0 Å². The molecule has 4 nitrogen and oxygen atoms in total. The van der Waals surface area contributed by atoms with Crippen molar-refractivity contribution in [3.63, 3.8) is 0 Å². The third kappa shape index (κ3) is 17.0. The Morgan fingerprint density at radius 2 is 1.24 bits per heavy atom. The smallest absolute Gasteiger partial charge is 0.303 e. The Morgan fingerprint density at radius 1 is 0.794 bits per heavy atom. The number of aromatic hydroxyl groups is 1. The van der Waals surface area contributed by atoms with Gasteiger partial charge in [-0.2, -0.15) is 0 Å². The highest BCUT2D eigenvalue weighted by Gasteiger charge is 2.20. The molecule has 0 amide bonds. The number of carboxylic acids is 1. The second-order valence-electron chi connectivity index (χ2n) is 10.8. The molecule has 1 aromatic carbocycles. The van der Waals surface area contributed by atoms with Gasteiger partial charge in [0.25, 0.3) is 0 Å². The lowest BCUT2D eigenvalue weighted by molar-refractivity contribution is -0.136. The van der Waals surface area contributed by atoms with E-state index in [9.17, 15) is 9.90 Å². The van der Waals surface area contributed by atoms with E-state index in [0.29, 0.717) is 18.8 Å². The summed E-state index contributed by atoms with van der Waals surface area (Å²) >= 11 is 0. The molecule has 0 heterocycles. The van der Waals surface area contributed by atoms with Crippen LogP contribution in [0, 0.1) is 6.92 Å². The Balaban J connectivity index is 0.000000641. The number of rotatable bonds is 17. The number of carbonyl (C=O) groups is 1. The fourth-order valence-corrected chi connectivity index (χ4v) is 4.13. The maximum Gasteiger partial charge on any atom is 0.303 e. The van der Waals surface area contributed by atoms with E-state index in [-0.39, 0.29) is 11.8 Å². The molecule has 0 saturated heterocycles. The van der Waals surface area contributed by atoms with Gasteiger partial charge in [-0.05, 0) is 41.9 Å². The summed E-state index contributed by atoms with van der Waals surface area (Å²) in [5.74, 6) is -0.482. The summed E-state index contributed by atoms with van der Waals surface area (Å²) in [6, 6.07) is 3.76. The monoisotopic (exact) mass is 478 g/mol. The van der Waals surface area contributed by atoms with Crippen LogP contribution in [-0.4, -0.2) is 27.9 Å². The SMILES string of the molecule is CCCCCCCCCCCCCCCCO.Cc1cc(CCC(=O)O)cc(C(C)(C)C)c1O. The summed E-state index contributed by atoms with van der Waals surface area (Å²) in [6.07, 6.45) is 19.8. The average molecular weight is 479 g/mol. The number of hydrogen-bond donors (Lipinski definition) is 3. The molecule has 0 unspecified atom stereocenters. The molecule has 0 aliphatic rings. The quantitative estimate of drug-likeness (QED) is 0.196. The second kappa shape index (κ2) is 19.7. The molecule has 0 radical (unpaired) electrons. The lowest BCUT2D eigenvalue weighted by atomic mass is 9.83. The van der Waals surface area contributed by atoms with Gasteiger partial charge in [-0.15, -0.1) is 0 Å². The van der Waals surface area contributed by atoms with Crippen molar-refractivity contribution in [3.8, 4) is 5.75 Å². The predicted molar refractivity (Wildman–Crippen MR) is 145 cm³/mol. The summed E-state index contributed by atoms with van der Waals surface area (Å²) in [6.45, 7) is 10.6. The van der Waals surface area contributed by atoms with Crippen molar-refractivity contribution in [2.45, 2.75) is 143 Å². The van der Waals surface area contributed by atoms with Crippen LogP contribution in [0.4, 0.5) is 0 Å². The molecule has 1 rings (SSSR count). The first-order chi connectivity index (χ1) is 16.1. The van der Waals surface area contributed by atoms with E-state index < -0.39 is 5.97 Å². The zero-order valence-corrected chi connectivity index (χ0v) is 22.9. The zero-order valence-electron chi connectivity index (χ0n) is 22.9. The largest absolute Gasteiger partial charge is 0.507 e. The van der Waals surface area contributed by atoms with Crippen molar-refractivity contribution in [2.75, 3.05) is 6.61 Å². The molecule has 3 N–H and O–H groups in total. The van der Waals surface area contributed by atoms with E-state index >= 15 is 0 Å². The Bertz CT molecular complexity index is 632. The van der Waals surface area contributed by atoms with Gasteiger partial charge in [0.15, 0.2) is 0 Å². The Morgan fingerprint density at radius 3 is 1.62 bits per heavy atom. The maximum atomic E-state index is 10.6. The minimum absolute atomic E-state index is 0.119. The summed E-state index contributed by atoms with van der Waals surface area (Å²) in [4.78, 5) is 10.6. The van der Waals surface area contributed by atoms with Crippen LogP contribution >= 0.6 is 0 Å². The summed E-state index contributed by atoms with van der Waals surface area (Å²) in [7, 11) is 0. The number of benzene rings is 1. The number of hydrogen-bond acceptors (Lipinski definition) is 3. The summed E-state index contributed by atoms with van der Waals surface area (Å²) < 4.78 is 0. The first kappa shape index (κ1) is 32.5. The van der Waals surface area contributed by atoms with Gasteiger partial charge in [0.05, 0.1) is 0 Å². The number of unbranched alkanes of at least 4 members (excludes halogenated alkanes) is 13. The molecule has 0 fully saturated rings. The number of aliphatic hydroxyl groups excluding tert-OH is 1. The molecule has 0 bridgehead atoms. The van der Waals surface area contributed by atoms with E-state index in [4.69, 9.17) is 10.2 Å². The van der Waals surface area contributed by atoms with Crippen molar-refractivity contribution in [3.05, 3.63) is 28.8 Å². The van der Waals surface area contributed by atoms with Crippen molar-refractivity contribution in [2.24, 2.45) is 0 Å². The molecule has 4 heteroatoms. The van der Waals surface area contributed by atoms with E-state index in [1.165, 1.54) is 83.5 Å². The molecule has 0 aromatic heterocycles. The van der Waals surface area contributed by atoms with Crippen LogP contribution in [0.2, 0.25) is 0 Å². The number of carboxylic acid groups (broad SMARTS) is 1. The molecule has 1 aromatic rings. The lowest BCUT2D eigenvalue weighted by Gasteiger charge is -2.22. The van der Waals surface area contributed by atoms with Crippen molar-refractivity contribution >= 4 is 5.97 Å². The minimum Gasteiger partial charge on any atom is -0.507 e. The van der Waals surface area contributed by atoms with Crippen molar-refractivity contribution < 1.29 is 20.1 Å². The van der Waals surface area contributed by atoms with E-state index in [1.807, 2.05) is 39.8 Å². The lowest BCUT2D eigenvalue weighted by Crippen LogP contribution is -2.12. The molecular weight excluding hydrogens is 424 g/mol. The average Bonchev–Trinajstić information content (AvgIpc) is 2.77. The molecule has 0 aliphatic carbocycles.